The molecule has 10 N–H and O–H groups in total. The van der Waals surface area contributed by atoms with Gasteiger partial charge >= 0.3 is 7.12 Å². The molecular formula is C34H59BFN7O9. The quantitative estimate of drug-likeness (QED) is 0.0314. The molecule has 0 aliphatic heterocycles. The van der Waals surface area contributed by atoms with Gasteiger partial charge in [0.2, 0.25) is 17.7 Å². The Kier molecular flexibility index (Phi) is 23.5. The van der Waals surface area contributed by atoms with E-state index in [-0.39, 0.29) is 66.9 Å². The lowest BCUT2D eigenvalue weighted by Gasteiger charge is -2.30. The van der Waals surface area contributed by atoms with E-state index in [2.05, 4.69) is 31.9 Å². The summed E-state index contributed by atoms with van der Waals surface area (Å²) in [6.45, 7) is 9.85. The molecule has 0 aromatic heterocycles. The lowest BCUT2D eigenvalue weighted by Crippen LogP contribution is -2.42. The Bertz CT molecular complexity index is 1260. The Labute approximate surface area is 306 Å². The molecule has 1 aromatic rings. The number of carbonyl (C=O) groups is 5. The first-order chi connectivity index (χ1) is 24.7. The summed E-state index contributed by atoms with van der Waals surface area (Å²) in [4.78, 5) is 64.4. The van der Waals surface area contributed by atoms with E-state index in [4.69, 9.17) is 25.3 Å². The van der Waals surface area contributed by atoms with Gasteiger partial charge in [-0.15, -0.1) is 0 Å². The molecule has 52 heavy (non-hydrogen) atoms. The van der Waals surface area contributed by atoms with Crippen LogP contribution in [0, 0.1) is 23.1 Å². The van der Waals surface area contributed by atoms with Crippen LogP contribution < -0.4 is 43.1 Å². The maximum Gasteiger partial charge on any atom is 0.488 e. The average molecular weight is 740 g/mol. The number of nitrogens with one attached hydrogen (secondary N) is 6. The van der Waals surface area contributed by atoms with Gasteiger partial charge in [0.15, 0.2) is 0 Å². The maximum atomic E-state index is 14.2. The standard InChI is InChI=1S/C34H59BFN7O9/c1-24(20-29(44)40-14-11-38-10-8-37)31(46)34(2,3)23-25(32(47)42-9-5-17-52-19-18-51-4)21-30(45)41-15-12-39-13-16-43-33(48)27-7-6-26(35(49)50)22-28(27)36/h6-7,22,24-25,38-39,49-50H,5,8-21,23,37H2,1-4H3,(H,40,44)(H,41,45)(H,42,47)(H,43,48). The molecule has 0 aliphatic carbocycles. The minimum atomic E-state index is -1.85. The number of hydrogen-bond donors (Lipinski definition) is 9. The zero-order chi connectivity index (χ0) is 38.9. The van der Waals surface area contributed by atoms with E-state index in [0.29, 0.717) is 72.1 Å². The molecule has 4 amide bonds. The Hall–Kier alpha value is -3.52. The van der Waals surface area contributed by atoms with Gasteiger partial charge in [0.25, 0.3) is 5.91 Å². The summed E-state index contributed by atoms with van der Waals surface area (Å²) in [7, 11) is -0.275. The minimum Gasteiger partial charge on any atom is -0.423 e. The summed E-state index contributed by atoms with van der Waals surface area (Å²) in [5.74, 6) is -4.17. The Morgan fingerprint density at radius 3 is 2.06 bits per heavy atom. The van der Waals surface area contributed by atoms with E-state index < -0.39 is 36.1 Å². The van der Waals surface area contributed by atoms with Crippen molar-refractivity contribution in [3.8, 4) is 0 Å². The number of amides is 4. The normalized spacial score (nSPS) is 12.5. The monoisotopic (exact) mass is 739 g/mol. The lowest BCUT2D eigenvalue weighted by molar-refractivity contribution is -0.137. The van der Waals surface area contributed by atoms with Crippen LogP contribution in [0.15, 0.2) is 18.2 Å². The van der Waals surface area contributed by atoms with Gasteiger partial charge in [0.1, 0.15) is 11.6 Å². The highest BCUT2D eigenvalue weighted by Crippen LogP contribution is 2.32. The SMILES string of the molecule is COCCOCCCNC(=O)C(CC(=O)NCCNCCNC(=O)c1ccc(B(O)O)cc1F)CC(C)(C)C(=O)C(C)CC(=O)NCCNCCN. The molecule has 0 radical (unpaired) electrons. The van der Waals surface area contributed by atoms with E-state index in [1.165, 1.54) is 6.07 Å². The van der Waals surface area contributed by atoms with Gasteiger partial charge in [-0.2, -0.15) is 0 Å². The second-order valence-corrected chi connectivity index (χ2v) is 13.1. The third kappa shape index (κ3) is 19.4. The average Bonchev–Trinajstić information content (AvgIpc) is 3.09. The van der Waals surface area contributed by atoms with Crippen LogP contribution in [0.5, 0.6) is 0 Å². The number of hydrogen-bond acceptors (Lipinski definition) is 12. The van der Waals surface area contributed by atoms with Crippen LogP contribution >= 0.6 is 0 Å². The van der Waals surface area contributed by atoms with Gasteiger partial charge in [0.05, 0.1) is 18.8 Å². The molecule has 1 rings (SSSR count). The number of ether oxygens (including phenoxy) is 2. The van der Waals surface area contributed by atoms with Gasteiger partial charge in [-0.1, -0.05) is 26.8 Å². The van der Waals surface area contributed by atoms with Crippen molar-refractivity contribution in [1.82, 2.24) is 31.9 Å². The number of ketones is 1. The summed E-state index contributed by atoms with van der Waals surface area (Å²) < 4.78 is 24.5. The van der Waals surface area contributed by atoms with Crippen LogP contribution in [0.25, 0.3) is 0 Å². The Morgan fingerprint density at radius 2 is 1.46 bits per heavy atom. The fourth-order valence-corrected chi connectivity index (χ4v) is 5.32. The van der Waals surface area contributed by atoms with E-state index in [9.17, 15) is 28.4 Å². The molecule has 1 aromatic carbocycles. The lowest BCUT2D eigenvalue weighted by atomic mass is 9.73. The number of methoxy groups -OCH3 is 1. The van der Waals surface area contributed by atoms with Gasteiger partial charge < -0.3 is 57.2 Å². The molecule has 0 bridgehead atoms. The third-order valence-corrected chi connectivity index (χ3v) is 8.05. The summed E-state index contributed by atoms with van der Waals surface area (Å²) in [6.07, 6.45) is 0.471. The zero-order valence-corrected chi connectivity index (χ0v) is 31.0. The molecule has 0 aliphatic rings. The van der Waals surface area contributed by atoms with Crippen LogP contribution in [0.1, 0.15) is 56.8 Å². The number of nitrogens with two attached hydrogens (primary N) is 1. The molecule has 16 nitrogen and oxygen atoms in total. The molecule has 0 saturated heterocycles. The van der Waals surface area contributed by atoms with E-state index in [1.54, 1.807) is 27.9 Å². The van der Waals surface area contributed by atoms with Crippen LogP contribution in [-0.4, -0.2) is 132 Å². The van der Waals surface area contributed by atoms with Gasteiger partial charge in [-0.05, 0) is 30.4 Å². The van der Waals surface area contributed by atoms with Gasteiger partial charge in [-0.3, -0.25) is 24.0 Å². The topological polar surface area (TPSA) is 242 Å². The molecule has 2 unspecified atom stereocenters. The number of halogens is 1. The molecular weight excluding hydrogens is 680 g/mol. The fraction of sp³-hybridized carbons (Fsp3) is 0.676. The van der Waals surface area contributed by atoms with E-state index >= 15 is 0 Å². The number of carbonyl (C=O) groups excluding carboxylic acids is 5. The molecule has 294 valence electrons. The number of benzene rings is 1. The minimum absolute atomic E-state index is 0.00409. The predicted molar refractivity (Wildman–Crippen MR) is 195 cm³/mol. The number of rotatable bonds is 29. The maximum absolute atomic E-state index is 14.2. The summed E-state index contributed by atoms with van der Waals surface area (Å²) >= 11 is 0. The van der Waals surface area contributed by atoms with Crippen molar-refractivity contribution in [1.29, 1.82) is 0 Å². The van der Waals surface area contributed by atoms with E-state index in [1.807, 2.05) is 0 Å². The molecule has 0 saturated carbocycles. The second kappa shape index (κ2) is 26.3. The van der Waals surface area contributed by atoms with Crippen LogP contribution in [0.4, 0.5) is 4.39 Å². The predicted octanol–water partition coefficient (Wildman–Crippen LogP) is -2.21. The van der Waals surface area contributed by atoms with Crippen molar-refractivity contribution in [2.24, 2.45) is 23.0 Å². The first kappa shape index (κ1) is 46.5. The summed E-state index contributed by atoms with van der Waals surface area (Å²) in [5, 5.41) is 35.4. The van der Waals surface area contributed by atoms with Crippen molar-refractivity contribution in [3.63, 3.8) is 0 Å². The van der Waals surface area contributed by atoms with Crippen LogP contribution in [-0.2, 0) is 28.7 Å². The van der Waals surface area contributed by atoms with Crippen LogP contribution in [0.3, 0.4) is 0 Å². The largest absolute Gasteiger partial charge is 0.488 e. The van der Waals surface area contributed by atoms with Crippen LogP contribution in [0.2, 0.25) is 0 Å². The molecule has 0 spiro atoms. The second-order valence-electron chi connectivity index (χ2n) is 13.1. The van der Waals surface area contributed by atoms with Gasteiger partial charge in [-0.25, -0.2) is 4.39 Å². The van der Waals surface area contributed by atoms with Crippen molar-refractivity contribution in [2.75, 3.05) is 85.8 Å². The summed E-state index contributed by atoms with van der Waals surface area (Å²) in [6, 6.07) is 3.28. The Morgan fingerprint density at radius 1 is 0.846 bits per heavy atom. The highest BCUT2D eigenvalue weighted by atomic mass is 19.1. The smallest absolute Gasteiger partial charge is 0.423 e. The van der Waals surface area contributed by atoms with Crippen molar-refractivity contribution in [2.45, 2.75) is 46.5 Å². The number of Topliss-reactive ketones (excluding diaryl/α,β-unsaturated/α-hetero) is 1. The molecule has 0 heterocycles. The highest BCUT2D eigenvalue weighted by molar-refractivity contribution is 6.58. The Balaban J connectivity index is 2.65. The first-order valence-corrected chi connectivity index (χ1v) is 17.7. The van der Waals surface area contributed by atoms with Gasteiger partial charge in [0, 0.05) is 103 Å². The highest BCUT2D eigenvalue weighted by Gasteiger charge is 2.37. The summed E-state index contributed by atoms with van der Waals surface area (Å²) in [5.41, 5.74) is 4.12. The molecule has 0 fully saturated rings. The fourth-order valence-electron chi connectivity index (χ4n) is 5.32. The molecule has 2 atom stereocenters. The zero-order valence-electron chi connectivity index (χ0n) is 31.0. The van der Waals surface area contributed by atoms with Crippen molar-refractivity contribution < 1.29 is 47.9 Å². The molecule has 18 heteroatoms. The van der Waals surface area contributed by atoms with Crippen molar-refractivity contribution in [3.05, 3.63) is 29.6 Å². The third-order valence-electron chi connectivity index (χ3n) is 8.05. The first-order valence-electron chi connectivity index (χ1n) is 17.7. The van der Waals surface area contributed by atoms with Crippen molar-refractivity contribution >= 4 is 42.0 Å². The van der Waals surface area contributed by atoms with E-state index in [0.717, 1.165) is 12.1 Å².